The molecule has 1 amide bonds. The Labute approximate surface area is 146 Å². The molecule has 0 saturated carbocycles. The molecule has 0 spiro atoms. The second-order valence-corrected chi connectivity index (χ2v) is 5.68. The van der Waals surface area contributed by atoms with E-state index in [1.165, 1.54) is 0 Å². The molecule has 0 bridgehead atoms. The first kappa shape index (κ1) is 16.8. The summed E-state index contributed by atoms with van der Waals surface area (Å²) in [7, 11) is 1.63. The summed E-state index contributed by atoms with van der Waals surface area (Å²) < 4.78 is 16.5. The van der Waals surface area contributed by atoms with Crippen LogP contribution in [0.3, 0.4) is 0 Å². The number of hydrogen-bond acceptors (Lipinski definition) is 5. The van der Waals surface area contributed by atoms with Crippen LogP contribution < -0.4 is 19.6 Å². The summed E-state index contributed by atoms with van der Waals surface area (Å²) in [6.07, 6.45) is -0.146. The standard InChI is InChI=1S/C19H20N2O4/c1-13(11-14-7-3-4-8-15(14)23-2)20-21-19(22)18-12-24-16-9-5-6-10-17(16)25-18/h3-10,18H,11-12H2,1-2H3,(H,21,22)/b20-13-/t18-/m0/s1. The number of fused-ring (bicyclic) bond motifs is 1. The third-order valence-electron chi connectivity index (χ3n) is 3.80. The molecule has 130 valence electrons. The zero-order valence-electron chi connectivity index (χ0n) is 14.2. The third-order valence-corrected chi connectivity index (χ3v) is 3.80. The number of amides is 1. The number of carbonyl (C=O) groups is 1. The lowest BCUT2D eigenvalue weighted by molar-refractivity contribution is -0.130. The number of carbonyl (C=O) groups excluding carboxylic acids is 1. The van der Waals surface area contributed by atoms with Crippen LogP contribution in [0.15, 0.2) is 53.6 Å². The number of ether oxygens (including phenoxy) is 3. The van der Waals surface area contributed by atoms with Gasteiger partial charge in [-0.3, -0.25) is 4.79 Å². The minimum atomic E-state index is -0.724. The first-order valence-electron chi connectivity index (χ1n) is 8.01. The molecule has 1 aliphatic rings. The molecule has 0 fully saturated rings. The van der Waals surface area contributed by atoms with E-state index in [4.69, 9.17) is 14.2 Å². The molecule has 6 nitrogen and oxygen atoms in total. The summed E-state index contributed by atoms with van der Waals surface area (Å²) in [6.45, 7) is 2.00. The smallest absolute Gasteiger partial charge is 0.284 e. The van der Waals surface area contributed by atoms with Crippen LogP contribution in [-0.2, 0) is 11.2 Å². The Hall–Kier alpha value is -3.02. The lowest BCUT2D eigenvalue weighted by Crippen LogP contribution is -2.42. The Balaban J connectivity index is 1.59. The highest BCUT2D eigenvalue weighted by Gasteiger charge is 2.27. The Kier molecular flexibility index (Phi) is 5.18. The van der Waals surface area contributed by atoms with Crippen molar-refractivity contribution in [1.82, 2.24) is 5.43 Å². The molecule has 0 aromatic heterocycles. The number of nitrogens with one attached hydrogen (secondary N) is 1. The summed E-state index contributed by atoms with van der Waals surface area (Å²) in [4.78, 5) is 12.2. The molecular weight excluding hydrogens is 320 g/mol. The largest absolute Gasteiger partial charge is 0.496 e. The van der Waals surface area contributed by atoms with Gasteiger partial charge in [-0.1, -0.05) is 30.3 Å². The van der Waals surface area contributed by atoms with Crippen molar-refractivity contribution in [1.29, 1.82) is 0 Å². The van der Waals surface area contributed by atoms with Crippen molar-refractivity contribution in [2.75, 3.05) is 13.7 Å². The Morgan fingerprint density at radius 1 is 1.20 bits per heavy atom. The van der Waals surface area contributed by atoms with E-state index in [-0.39, 0.29) is 12.5 Å². The molecule has 0 unspecified atom stereocenters. The fourth-order valence-electron chi connectivity index (χ4n) is 2.54. The van der Waals surface area contributed by atoms with Gasteiger partial charge >= 0.3 is 0 Å². The van der Waals surface area contributed by atoms with Gasteiger partial charge in [0.05, 0.1) is 7.11 Å². The van der Waals surface area contributed by atoms with Crippen molar-refractivity contribution >= 4 is 11.6 Å². The van der Waals surface area contributed by atoms with Gasteiger partial charge in [0.2, 0.25) is 6.10 Å². The summed E-state index contributed by atoms with van der Waals surface area (Å²) >= 11 is 0. The molecule has 25 heavy (non-hydrogen) atoms. The monoisotopic (exact) mass is 340 g/mol. The molecule has 0 saturated heterocycles. The maximum atomic E-state index is 12.2. The molecule has 2 aromatic carbocycles. The van der Waals surface area contributed by atoms with E-state index in [1.54, 1.807) is 19.2 Å². The second kappa shape index (κ2) is 7.70. The van der Waals surface area contributed by atoms with Crippen LogP contribution in [0.25, 0.3) is 0 Å². The Morgan fingerprint density at radius 3 is 2.72 bits per heavy atom. The average molecular weight is 340 g/mol. The fraction of sp³-hybridized carbons (Fsp3) is 0.263. The van der Waals surface area contributed by atoms with Crippen molar-refractivity contribution in [2.45, 2.75) is 19.4 Å². The van der Waals surface area contributed by atoms with Crippen LogP contribution in [0.2, 0.25) is 0 Å². The normalized spacial score (nSPS) is 16.2. The predicted molar refractivity (Wildman–Crippen MR) is 94.3 cm³/mol. The number of para-hydroxylation sites is 3. The van der Waals surface area contributed by atoms with Crippen LogP contribution in [0.5, 0.6) is 17.2 Å². The van der Waals surface area contributed by atoms with Crippen LogP contribution in [0.1, 0.15) is 12.5 Å². The number of hydrogen-bond donors (Lipinski definition) is 1. The van der Waals surface area contributed by atoms with Crippen molar-refractivity contribution in [2.24, 2.45) is 5.10 Å². The maximum absolute atomic E-state index is 12.2. The highest BCUT2D eigenvalue weighted by atomic mass is 16.6. The molecule has 1 atom stereocenters. The number of hydrazone groups is 1. The topological polar surface area (TPSA) is 69.2 Å². The van der Waals surface area contributed by atoms with Crippen LogP contribution in [0.4, 0.5) is 0 Å². The van der Waals surface area contributed by atoms with Crippen LogP contribution in [0, 0.1) is 0 Å². The summed E-state index contributed by atoms with van der Waals surface area (Å²) in [5.74, 6) is 1.66. The summed E-state index contributed by atoms with van der Waals surface area (Å²) in [5.41, 5.74) is 4.31. The van der Waals surface area contributed by atoms with Gasteiger partial charge in [0.1, 0.15) is 12.4 Å². The number of rotatable bonds is 5. The Bertz CT molecular complexity index is 788. The summed E-state index contributed by atoms with van der Waals surface area (Å²) in [6, 6.07) is 15.0. The highest BCUT2D eigenvalue weighted by Crippen LogP contribution is 2.30. The first-order chi connectivity index (χ1) is 12.2. The lowest BCUT2D eigenvalue weighted by Gasteiger charge is -2.24. The maximum Gasteiger partial charge on any atom is 0.284 e. The van der Waals surface area contributed by atoms with E-state index in [0.717, 1.165) is 17.0 Å². The molecule has 1 N–H and O–H groups in total. The quantitative estimate of drug-likeness (QED) is 0.671. The molecule has 6 heteroatoms. The van der Waals surface area contributed by atoms with E-state index in [0.29, 0.717) is 17.9 Å². The second-order valence-electron chi connectivity index (χ2n) is 5.68. The molecule has 1 heterocycles. The first-order valence-corrected chi connectivity index (χ1v) is 8.01. The third kappa shape index (κ3) is 4.09. The minimum absolute atomic E-state index is 0.157. The zero-order valence-corrected chi connectivity index (χ0v) is 14.2. The van der Waals surface area contributed by atoms with E-state index in [9.17, 15) is 4.79 Å². The van der Waals surface area contributed by atoms with Gasteiger partial charge < -0.3 is 14.2 Å². The molecule has 0 aliphatic carbocycles. The van der Waals surface area contributed by atoms with Crippen LogP contribution >= 0.6 is 0 Å². The van der Waals surface area contributed by atoms with Crippen molar-refractivity contribution in [3.05, 3.63) is 54.1 Å². The number of benzene rings is 2. The van der Waals surface area contributed by atoms with Crippen molar-refractivity contribution in [3.63, 3.8) is 0 Å². The SMILES string of the molecule is COc1ccccc1C/C(C)=N\NC(=O)[C@@H]1COc2ccccc2O1. The van der Waals surface area contributed by atoms with E-state index >= 15 is 0 Å². The predicted octanol–water partition coefficient (Wildman–Crippen LogP) is 2.57. The Morgan fingerprint density at radius 2 is 1.92 bits per heavy atom. The van der Waals surface area contributed by atoms with Gasteiger partial charge in [-0.15, -0.1) is 0 Å². The molecule has 0 radical (unpaired) electrons. The molecular formula is C19H20N2O4. The van der Waals surface area contributed by atoms with Crippen molar-refractivity contribution in [3.8, 4) is 17.2 Å². The van der Waals surface area contributed by atoms with E-state index < -0.39 is 6.10 Å². The molecule has 3 rings (SSSR count). The fourth-order valence-corrected chi connectivity index (χ4v) is 2.54. The van der Waals surface area contributed by atoms with Gasteiger partial charge in [0.15, 0.2) is 11.5 Å². The average Bonchev–Trinajstić information content (AvgIpc) is 2.66. The van der Waals surface area contributed by atoms with Gasteiger partial charge in [0, 0.05) is 12.1 Å². The zero-order chi connectivity index (χ0) is 17.6. The van der Waals surface area contributed by atoms with Gasteiger partial charge in [-0.05, 0) is 30.7 Å². The van der Waals surface area contributed by atoms with Gasteiger partial charge in [-0.25, -0.2) is 5.43 Å². The molecule has 1 aliphatic heterocycles. The van der Waals surface area contributed by atoms with E-state index in [2.05, 4.69) is 10.5 Å². The van der Waals surface area contributed by atoms with Gasteiger partial charge in [0.25, 0.3) is 5.91 Å². The molecule has 2 aromatic rings. The van der Waals surface area contributed by atoms with E-state index in [1.807, 2.05) is 43.3 Å². The van der Waals surface area contributed by atoms with Crippen molar-refractivity contribution < 1.29 is 19.0 Å². The minimum Gasteiger partial charge on any atom is -0.496 e. The van der Waals surface area contributed by atoms with Gasteiger partial charge in [-0.2, -0.15) is 5.10 Å². The van der Waals surface area contributed by atoms with Crippen LogP contribution in [-0.4, -0.2) is 31.4 Å². The number of nitrogens with zero attached hydrogens (tertiary/aromatic N) is 1. The summed E-state index contributed by atoms with van der Waals surface area (Å²) in [5, 5.41) is 4.15. The highest BCUT2D eigenvalue weighted by molar-refractivity contribution is 5.87. The lowest BCUT2D eigenvalue weighted by atomic mass is 10.1. The number of methoxy groups -OCH3 is 1.